The van der Waals surface area contributed by atoms with Crippen molar-refractivity contribution in [2.24, 2.45) is 0 Å². The maximum Gasteiger partial charge on any atom is 0.247 e. The highest BCUT2D eigenvalue weighted by molar-refractivity contribution is 7.92. The lowest BCUT2D eigenvalue weighted by Gasteiger charge is -2.28. The van der Waals surface area contributed by atoms with Gasteiger partial charge < -0.3 is 14.8 Å². The molecule has 0 radical (unpaired) electrons. The van der Waals surface area contributed by atoms with Crippen molar-refractivity contribution in [1.82, 2.24) is 0 Å². The number of ether oxygens (including phenoxy) is 2. The Labute approximate surface area is 161 Å². The van der Waals surface area contributed by atoms with E-state index in [2.05, 4.69) is 5.32 Å². The van der Waals surface area contributed by atoms with E-state index in [4.69, 9.17) is 9.47 Å². The Bertz CT molecular complexity index is 982. The fourth-order valence-electron chi connectivity index (χ4n) is 2.59. The molecule has 0 unspecified atom stereocenters. The zero-order valence-corrected chi connectivity index (χ0v) is 16.5. The van der Waals surface area contributed by atoms with E-state index in [9.17, 15) is 22.0 Å². The molecule has 0 bridgehead atoms. The zero-order chi connectivity index (χ0) is 21.1. The molecule has 0 aliphatic rings. The normalized spacial score (nSPS) is 12.2. The number of hydrogen-bond donors (Lipinski definition) is 1. The fourth-order valence-corrected chi connectivity index (χ4v) is 3.76. The number of nitrogens with one attached hydrogen (secondary N) is 1. The number of sulfonamides is 1. The first kappa shape index (κ1) is 21.4. The van der Waals surface area contributed by atoms with Gasteiger partial charge in [-0.1, -0.05) is 0 Å². The van der Waals surface area contributed by atoms with Crippen molar-refractivity contribution in [3.05, 3.63) is 48.0 Å². The molecular weight excluding hydrogens is 394 g/mol. The van der Waals surface area contributed by atoms with E-state index in [1.165, 1.54) is 45.4 Å². The Balaban J connectivity index is 2.37. The van der Waals surface area contributed by atoms with Crippen molar-refractivity contribution < 1.29 is 31.5 Å². The lowest BCUT2D eigenvalue weighted by molar-refractivity contribution is -0.116. The largest absolute Gasteiger partial charge is 0.493 e. The number of carbonyl (C=O) groups excluding carboxylic acids is 1. The van der Waals surface area contributed by atoms with Crippen molar-refractivity contribution in [2.75, 3.05) is 30.1 Å². The van der Waals surface area contributed by atoms with Gasteiger partial charge in [0.05, 0.1) is 26.2 Å². The molecule has 152 valence electrons. The van der Waals surface area contributed by atoms with Crippen LogP contribution < -0.4 is 19.1 Å². The maximum absolute atomic E-state index is 13.3. The zero-order valence-electron chi connectivity index (χ0n) is 15.7. The van der Waals surface area contributed by atoms with Crippen molar-refractivity contribution >= 4 is 27.3 Å². The van der Waals surface area contributed by atoms with Crippen LogP contribution in [-0.4, -0.2) is 40.8 Å². The third-order valence-corrected chi connectivity index (χ3v) is 5.14. The summed E-state index contributed by atoms with van der Waals surface area (Å²) in [7, 11) is -1.04. The van der Waals surface area contributed by atoms with E-state index >= 15 is 0 Å². The highest BCUT2D eigenvalue weighted by Crippen LogP contribution is 2.33. The van der Waals surface area contributed by atoms with Gasteiger partial charge in [0.15, 0.2) is 23.1 Å². The van der Waals surface area contributed by atoms with Gasteiger partial charge in [-0.25, -0.2) is 17.2 Å². The van der Waals surface area contributed by atoms with E-state index < -0.39 is 33.6 Å². The second-order valence-corrected chi connectivity index (χ2v) is 7.75. The SMILES string of the molecule is COc1ccc(N([C@@H](C)C(=O)Nc2ccc(F)c(F)c2)S(C)(=O)=O)cc1OC. The molecule has 0 saturated heterocycles. The second-order valence-electron chi connectivity index (χ2n) is 5.89. The molecule has 2 aromatic rings. The molecule has 7 nitrogen and oxygen atoms in total. The van der Waals surface area contributed by atoms with Crippen molar-refractivity contribution in [1.29, 1.82) is 0 Å². The van der Waals surface area contributed by atoms with E-state index in [0.717, 1.165) is 22.7 Å². The quantitative estimate of drug-likeness (QED) is 0.753. The third-order valence-electron chi connectivity index (χ3n) is 3.90. The lowest BCUT2D eigenvalue weighted by atomic mass is 10.2. The Morgan fingerprint density at radius 1 is 1.04 bits per heavy atom. The molecule has 2 rings (SSSR count). The highest BCUT2D eigenvalue weighted by Gasteiger charge is 2.30. The number of hydrogen-bond acceptors (Lipinski definition) is 5. The number of amides is 1. The van der Waals surface area contributed by atoms with E-state index in [1.807, 2.05) is 0 Å². The van der Waals surface area contributed by atoms with Crippen LogP contribution in [0.1, 0.15) is 6.92 Å². The summed E-state index contributed by atoms with van der Waals surface area (Å²) in [6, 6.07) is 6.03. The molecule has 0 aliphatic carbocycles. The number of methoxy groups -OCH3 is 2. The highest BCUT2D eigenvalue weighted by atomic mass is 32.2. The molecule has 28 heavy (non-hydrogen) atoms. The van der Waals surface area contributed by atoms with Crippen LogP contribution in [0.4, 0.5) is 20.2 Å². The minimum absolute atomic E-state index is 0.00323. The average molecular weight is 414 g/mol. The summed E-state index contributed by atoms with van der Waals surface area (Å²) < 4.78 is 62.3. The average Bonchev–Trinajstić information content (AvgIpc) is 2.63. The topological polar surface area (TPSA) is 84.9 Å². The molecule has 0 fully saturated rings. The van der Waals surface area contributed by atoms with Crippen LogP contribution in [0.25, 0.3) is 0 Å². The Morgan fingerprint density at radius 3 is 2.21 bits per heavy atom. The van der Waals surface area contributed by atoms with E-state index in [0.29, 0.717) is 5.75 Å². The minimum Gasteiger partial charge on any atom is -0.493 e. The van der Waals surface area contributed by atoms with Crippen molar-refractivity contribution in [3.63, 3.8) is 0 Å². The summed E-state index contributed by atoms with van der Waals surface area (Å²) in [5, 5.41) is 2.38. The van der Waals surface area contributed by atoms with Gasteiger partial charge in [-0.15, -0.1) is 0 Å². The Hall–Kier alpha value is -2.88. The van der Waals surface area contributed by atoms with Gasteiger partial charge in [-0.05, 0) is 31.2 Å². The lowest BCUT2D eigenvalue weighted by Crippen LogP contribution is -2.45. The molecule has 10 heteroatoms. The van der Waals surface area contributed by atoms with Crippen LogP contribution in [-0.2, 0) is 14.8 Å². The van der Waals surface area contributed by atoms with Crippen molar-refractivity contribution in [2.45, 2.75) is 13.0 Å². The summed E-state index contributed by atoms with van der Waals surface area (Å²) in [5.41, 5.74) is 0.171. The van der Waals surface area contributed by atoms with Crippen LogP contribution in [0.3, 0.4) is 0 Å². The van der Waals surface area contributed by atoms with Gasteiger partial charge in [0, 0.05) is 17.8 Å². The first-order chi connectivity index (χ1) is 13.1. The first-order valence-electron chi connectivity index (χ1n) is 8.05. The maximum atomic E-state index is 13.3. The Morgan fingerprint density at radius 2 is 1.68 bits per heavy atom. The molecule has 0 aromatic heterocycles. The smallest absolute Gasteiger partial charge is 0.247 e. The van der Waals surface area contributed by atoms with Gasteiger partial charge in [-0.3, -0.25) is 9.10 Å². The molecule has 1 N–H and O–H groups in total. The summed E-state index contributed by atoms with van der Waals surface area (Å²) in [4.78, 5) is 12.6. The number of halogens is 2. The van der Waals surface area contributed by atoms with Gasteiger partial charge in [0.25, 0.3) is 0 Å². The second kappa shape index (κ2) is 8.42. The first-order valence-corrected chi connectivity index (χ1v) is 9.90. The fraction of sp³-hybridized carbons (Fsp3) is 0.278. The van der Waals surface area contributed by atoms with Crippen LogP contribution in [0, 0.1) is 11.6 Å². The standard InChI is InChI=1S/C18H20F2N2O5S/c1-11(18(23)21-12-5-7-14(19)15(20)9-12)22(28(4,24)25)13-6-8-16(26-2)17(10-13)27-3/h5-11H,1-4H3,(H,21,23)/t11-/m0/s1. The molecule has 2 aromatic carbocycles. The predicted octanol–water partition coefficient (Wildman–Crippen LogP) is 2.78. The summed E-state index contributed by atoms with van der Waals surface area (Å²) in [6.07, 6.45) is 0.949. The van der Waals surface area contributed by atoms with Crippen LogP contribution in [0.5, 0.6) is 11.5 Å². The summed E-state index contributed by atoms with van der Waals surface area (Å²) in [6.45, 7) is 1.37. The number of anilines is 2. The third kappa shape index (κ3) is 4.69. The molecule has 0 heterocycles. The molecule has 1 amide bonds. The number of carbonyl (C=O) groups is 1. The number of benzene rings is 2. The van der Waals surface area contributed by atoms with Gasteiger partial charge in [0.2, 0.25) is 15.9 Å². The monoisotopic (exact) mass is 414 g/mol. The van der Waals surface area contributed by atoms with Gasteiger partial charge in [0.1, 0.15) is 6.04 Å². The van der Waals surface area contributed by atoms with Gasteiger partial charge >= 0.3 is 0 Å². The van der Waals surface area contributed by atoms with Crippen molar-refractivity contribution in [3.8, 4) is 11.5 Å². The molecular formula is C18H20F2N2O5S. The van der Waals surface area contributed by atoms with E-state index in [-0.39, 0.29) is 17.1 Å². The van der Waals surface area contributed by atoms with Crippen LogP contribution in [0.2, 0.25) is 0 Å². The Kier molecular flexibility index (Phi) is 6.45. The summed E-state index contributed by atoms with van der Waals surface area (Å²) >= 11 is 0. The molecule has 0 aliphatic heterocycles. The summed E-state index contributed by atoms with van der Waals surface area (Å²) in [5.74, 6) is -2.26. The molecule has 1 atom stereocenters. The minimum atomic E-state index is -3.87. The molecule has 0 spiro atoms. The predicted molar refractivity (Wildman–Crippen MR) is 101 cm³/mol. The number of rotatable bonds is 7. The number of nitrogens with zero attached hydrogens (tertiary/aromatic N) is 1. The van der Waals surface area contributed by atoms with Gasteiger partial charge in [-0.2, -0.15) is 0 Å². The van der Waals surface area contributed by atoms with E-state index in [1.54, 1.807) is 0 Å². The van der Waals surface area contributed by atoms with Crippen LogP contribution >= 0.6 is 0 Å². The van der Waals surface area contributed by atoms with Crippen LogP contribution in [0.15, 0.2) is 36.4 Å². The molecule has 0 saturated carbocycles.